The third kappa shape index (κ3) is 2.17. The maximum absolute atomic E-state index is 3.33. The molecule has 0 radical (unpaired) electrons. The van der Waals surface area contributed by atoms with Gasteiger partial charge in [-0.05, 0) is 37.0 Å². The van der Waals surface area contributed by atoms with Gasteiger partial charge in [0.2, 0.25) is 0 Å². The zero-order chi connectivity index (χ0) is 12.4. The molecule has 90 valence electrons. The highest BCUT2D eigenvalue weighted by Crippen LogP contribution is 2.19. The Balaban J connectivity index is 1.79. The highest BCUT2D eigenvalue weighted by molar-refractivity contribution is 5.83. The summed E-state index contributed by atoms with van der Waals surface area (Å²) in [4.78, 5) is 3.33. The lowest BCUT2D eigenvalue weighted by molar-refractivity contribution is 0.967. The smallest absolute Gasteiger partial charge is 0.0456 e. The average Bonchev–Trinajstić information content (AvgIpc) is 2.82. The average molecular weight is 235 g/mol. The maximum atomic E-state index is 3.33. The number of aromatic amines is 1. The largest absolute Gasteiger partial charge is 0.361 e. The van der Waals surface area contributed by atoms with Crippen molar-refractivity contribution in [3.63, 3.8) is 0 Å². The monoisotopic (exact) mass is 235 g/mol. The molecular formula is C17H17N. The SMILES string of the molecule is Cc1ccc(CCc2c[nH]c3ccccc23)cc1. The molecule has 0 saturated heterocycles. The fourth-order valence-corrected chi connectivity index (χ4v) is 2.37. The molecule has 0 bridgehead atoms. The summed E-state index contributed by atoms with van der Waals surface area (Å²) in [6, 6.07) is 17.3. The summed E-state index contributed by atoms with van der Waals surface area (Å²) in [5, 5.41) is 1.35. The molecule has 3 aromatic rings. The van der Waals surface area contributed by atoms with Crippen LogP contribution in [0.3, 0.4) is 0 Å². The van der Waals surface area contributed by atoms with Crippen molar-refractivity contribution < 1.29 is 0 Å². The molecule has 0 spiro atoms. The standard InChI is InChI=1S/C17H17N/c1-13-6-8-14(9-7-13)10-11-15-12-18-17-5-3-2-4-16(15)17/h2-9,12,18H,10-11H2,1H3. The number of para-hydroxylation sites is 1. The van der Waals surface area contributed by atoms with Gasteiger partial charge in [0, 0.05) is 17.1 Å². The van der Waals surface area contributed by atoms with Gasteiger partial charge in [-0.2, -0.15) is 0 Å². The first-order chi connectivity index (χ1) is 8.83. The number of hydrogen-bond acceptors (Lipinski definition) is 0. The van der Waals surface area contributed by atoms with Gasteiger partial charge in [-0.1, -0.05) is 48.0 Å². The molecule has 3 rings (SSSR count). The molecule has 0 amide bonds. The van der Waals surface area contributed by atoms with Crippen molar-refractivity contribution in [2.75, 3.05) is 0 Å². The second-order valence-corrected chi connectivity index (χ2v) is 4.85. The molecule has 18 heavy (non-hydrogen) atoms. The van der Waals surface area contributed by atoms with Crippen LogP contribution in [0.25, 0.3) is 10.9 Å². The number of aromatic nitrogens is 1. The lowest BCUT2D eigenvalue weighted by Gasteiger charge is -2.01. The van der Waals surface area contributed by atoms with Crippen LogP contribution in [0.15, 0.2) is 54.7 Å². The van der Waals surface area contributed by atoms with E-state index in [4.69, 9.17) is 0 Å². The summed E-state index contributed by atoms with van der Waals surface area (Å²) in [6.45, 7) is 2.13. The molecule has 0 fully saturated rings. The molecule has 1 heteroatoms. The lowest BCUT2D eigenvalue weighted by Crippen LogP contribution is -1.90. The molecule has 0 aliphatic carbocycles. The zero-order valence-electron chi connectivity index (χ0n) is 10.6. The minimum absolute atomic E-state index is 1.09. The Morgan fingerprint density at radius 1 is 0.889 bits per heavy atom. The van der Waals surface area contributed by atoms with E-state index in [1.165, 1.54) is 27.6 Å². The molecule has 0 aliphatic rings. The number of H-pyrrole nitrogens is 1. The second kappa shape index (κ2) is 4.69. The second-order valence-electron chi connectivity index (χ2n) is 4.85. The van der Waals surface area contributed by atoms with Crippen LogP contribution in [0.1, 0.15) is 16.7 Å². The van der Waals surface area contributed by atoms with E-state index in [1.807, 2.05) is 0 Å². The van der Waals surface area contributed by atoms with E-state index in [-0.39, 0.29) is 0 Å². The summed E-state index contributed by atoms with van der Waals surface area (Å²) in [7, 11) is 0. The van der Waals surface area contributed by atoms with Gasteiger partial charge < -0.3 is 4.98 Å². The number of nitrogens with one attached hydrogen (secondary N) is 1. The summed E-state index contributed by atoms with van der Waals surface area (Å²) < 4.78 is 0. The number of rotatable bonds is 3. The van der Waals surface area contributed by atoms with Crippen LogP contribution in [0, 0.1) is 6.92 Å². The van der Waals surface area contributed by atoms with Crippen molar-refractivity contribution in [2.24, 2.45) is 0 Å². The Morgan fingerprint density at radius 2 is 1.67 bits per heavy atom. The molecular weight excluding hydrogens is 218 g/mol. The minimum Gasteiger partial charge on any atom is -0.361 e. The van der Waals surface area contributed by atoms with Crippen LogP contribution in [0.4, 0.5) is 0 Å². The summed E-state index contributed by atoms with van der Waals surface area (Å²) >= 11 is 0. The van der Waals surface area contributed by atoms with Gasteiger partial charge in [-0.25, -0.2) is 0 Å². The molecule has 0 aliphatic heterocycles. The first-order valence-corrected chi connectivity index (χ1v) is 6.43. The highest BCUT2D eigenvalue weighted by atomic mass is 14.7. The number of aryl methyl sites for hydroxylation is 3. The number of fused-ring (bicyclic) bond motifs is 1. The van der Waals surface area contributed by atoms with Crippen LogP contribution < -0.4 is 0 Å². The van der Waals surface area contributed by atoms with Gasteiger partial charge in [0.1, 0.15) is 0 Å². The van der Waals surface area contributed by atoms with Gasteiger partial charge in [0.25, 0.3) is 0 Å². The first-order valence-electron chi connectivity index (χ1n) is 6.43. The molecule has 1 aromatic heterocycles. The topological polar surface area (TPSA) is 15.8 Å². The Labute approximate surface area is 107 Å². The third-order valence-electron chi connectivity index (χ3n) is 3.48. The predicted molar refractivity (Wildman–Crippen MR) is 76.9 cm³/mol. The zero-order valence-corrected chi connectivity index (χ0v) is 10.6. The van der Waals surface area contributed by atoms with Crippen molar-refractivity contribution >= 4 is 10.9 Å². The van der Waals surface area contributed by atoms with Crippen LogP contribution in [-0.4, -0.2) is 4.98 Å². The Bertz CT molecular complexity index is 647. The fraction of sp³-hybridized carbons (Fsp3) is 0.176. The Morgan fingerprint density at radius 3 is 2.50 bits per heavy atom. The van der Waals surface area contributed by atoms with E-state index in [0.29, 0.717) is 0 Å². The van der Waals surface area contributed by atoms with Crippen LogP contribution in [-0.2, 0) is 12.8 Å². The van der Waals surface area contributed by atoms with Crippen LogP contribution in [0.2, 0.25) is 0 Å². The molecule has 2 aromatic carbocycles. The van der Waals surface area contributed by atoms with Crippen molar-refractivity contribution in [1.82, 2.24) is 4.98 Å². The number of hydrogen-bond donors (Lipinski definition) is 1. The van der Waals surface area contributed by atoms with E-state index >= 15 is 0 Å². The molecule has 1 N–H and O–H groups in total. The fourth-order valence-electron chi connectivity index (χ4n) is 2.37. The quantitative estimate of drug-likeness (QED) is 0.698. The Hall–Kier alpha value is -2.02. The van der Waals surface area contributed by atoms with Crippen LogP contribution in [0.5, 0.6) is 0 Å². The minimum atomic E-state index is 1.09. The normalized spacial score (nSPS) is 10.9. The van der Waals surface area contributed by atoms with Gasteiger partial charge in [0.15, 0.2) is 0 Å². The van der Waals surface area contributed by atoms with Gasteiger partial charge in [-0.3, -0.25) is 0 Å². The summed E-state index contributed by atoms with van der Waals surface area (Å²) in [5.74, 6) is 0. The molecule has 1 nitrogen and oxygen atoms in total. The van der Waals surface area contributed by atoms with Gasteiger partial charge in [-0.15, -0.1) is 0 Å². The van der Waals surface area contributed by atoms with Crippen molar-refractivity contribution in [1.29, 1.82) is 0 Å². The summed E-state index contributed by atoms with van der Waals surface area (Å²) in [6.07, 6.45) is 4.33. The van der Waals surface area contributed by atoms with Crippen molar-refractivity contribution in [3.05, 3.63) is 71.4 Å². The Kier molecular flexibility index (Phi) is 2.89. The van der Waals surface area contributed by atoms with Gasteiger partial charge >= 0.3 is 0 Å². The maximum Gasteiger partial charge on any atom is 0.0456 e. The van der Waals surface area contributed by atoms with Crippen LogP contribution >= 0.6 is 0 Å². The first kappa shape index (κ1) is 11.1. The number of benzene rings is 2. The molecule has 0 saturated carbocycles. The molecule has 1 heterocycles. The van der Waals surface area contributed by atoms with E-state index in [0.717, 1.165) is 12.8 Å². The third-order valence-corrected chi connectivity index (χ3v) is 3.48. The van der Waals surface area contributed by atoms with E-state index in [9.17, 15) is 0 Å². The molecule has 0 atom stereocenters. The van der Waals surface area contributed by atoms with Gasteiger partial charge in [0.05, 0.1) is 0 Å². The van der Waals surface area contributed by atoms with E-state index < -0.39 is 0 Å². The highest BCUT2D eigenvalue weighted by Gasteiger charge is 2.02. The van der Waals surface area contributed by atoms with Crippen molar-refractivity contribution in [2.45, 2.75) is 19.8 Å². The van der Waals surface area contributed by atoms with Crippen molar-refractivity contribution in [3.8, 4) is 0 Å². The lowest BCUT2D eigenvalue weighted by atomic mass is 10.0. The summed E-state index contributed by atoms with van der Waals surface area (Å²) in [5.41, 5.74) is 5.37. The molecule has 0 unspecified atom stereocenters. The predicted octanol–water partition coefficient (Wildman–Crippen LogP) is 4.26. The van der Waals surface area contributed by atoms with E-state index in [2.05, 4.69) is 66.6 Å². The van der Waals surface area contributed by atoms with E-state index in [1.54, 1.807) is 0 Å².